The Bertz CT molecular complexity index is 938. The number of aliphatic hydroxyl groups is 1. The summed E-state index contributed by atoms with van der Waals surface area (Å²) in [6.45, 7) is 0.771. The molecule has 0 saturated carbocycles. The highest BCUT2D eigenvalue weighted by molar-refractivity contribution is 6.46. The molecule has 0 aliphatic carbocycles. The number of aliphatic hydroxyl groups excluding tert-OH is 1. The van der Waals surface area contributed by atoms with Crippen molar-refractivity contribution in [3.63, 3.8) is 0 Å². The molecule has 1 heterocycles. The molecule has 0 spiro atoms. The molecule has 1 N–H and O–H groups in total. The van der Waals surface area contributed by atoms with Crippen LogP contribution >= 0.6 is 11.6 Å². The minimum atomic E-state index is -0.720. The van der Waals surface area contributed by atoms with E-state index >= 15 is 0 Å². The van der Waals surface area contributed by atoms with Crippen molar-refractivity contribution in [2.45, 2.75) is 12.5 Å². The van der Waals surface area contributed by atoms with E-state index in [1.165, 1.54) is 12.0 Å². The van der Waals surface area contributed by atoms with Gasteiger partial charge in [-0.3, -0.25) is 9.59 Å². The number of carbonyl (C=O) groups is 2. The third-order valence-corrected chi connectivity index (χ3v) is 5.07. The van der Waals surface area contributed by atoms with Crippen LogP contribution in [-0.4, -0.2) is 49.1 Å². The van der Waals surface area contributed by atoms with Crippen molar-refractivity contribution in [2.24, 2.45) is 0 Å². The number of hydrogen-bond donors (Lipinski definition) is 1. The Balaban J connectivity index is 2.12. The van der Waals surface area contributed by atoms with E-state index in [1.807, 2.05) is 0 Å². The van der Waals surface area contributed by atoms with Gasteiger partial charge >= 0.3 is 0 Å². The summed E-state index contributed by atoms with van der Waals surface area (Å²) in [5.41, 5.74) is 1.14. The minimum absolute atomic E-state index is 0.0444. The molecule has 1 amide bonds. The second kappa shape index (κ2) is 9.11. The van der Waals surface area contributed by atoms with Gasteiger partial charge in [-0.2, -0.15) is 0 Å². The van der Waals surface area contributed by atoms with Crippen LogP contribution in [0, 0.1) is 0 Å². The Morgan fingerprint density at radius 1 is 1.14 bits per heavy atom. The van der Waals surface area contributed by atoms with Crippen LogP contribution in [0.5, 0.6) is 5.75 Å². The second-order valence-corrected chi connectivity index (χ2v) is 7.06. The topological polar surface area (TPSA) is 76.1 Å². The van der Waals surface area contributed by atoms with E-state index in [4.69, 9.17) is 21.1 Å². The van der Waals surface area contributed by atoms with Crippen LogP contribution in [0.25, 0.3) is 5.76 Å². The van der Waals surface area contributed by atoms with Crippen LogP contribution in [0.15, 0.2) is 54.1 Å². The highest BCUT2D eigenvalue weighted by Gasteiger charge is 2.45. The molecule has 7 heteroatoms. The van der Waals surface area contributed by atoms with E-state index in [0.717, 1.165) is 0 Å². The van der Waals surface area contributed by atoms with Gasteiger partial charge in [0.1, 0.15) is 11.5 Å². The molecular formula is C22H22ClNO5. The molecule has 1 saturated heterocycles. The number of ketones is 1. The Hall–Kier alpha value is -2.83. The van der Waals surface area contributed by atoms with Crippen LogP contribution in [0.2, 0.25) is 5.02 Å². The zero-order valence-corrected chi connectivity index (χ0v) is 17.0. The predicted molar refractivity (Wildman–Crippen MR) is 110 cm³/mol. The third kappa shape index (κ3) is 4.28. The van der Waals surface area contributed by atoms with E-state index < -0.39 is 17.7 Å². The van der Waals surface area contributed by atoms with Crippen LogP contribution in [0.1, 0.15) is 23.6 Å². The largest absolute Gasteiger partial charge is 0.507 e. The first-order valence-corrected chi connectivity index (χ1v) is 9.53. The Morgan fingerprint density at radius 2 is 1.86 bits per heavy atom. The number of benzene rings is 2. The van der Waals surface area contributed by atoms with Gasteiger partial charge in [0.15, 0.2) is 0 Å². The molecule has 29 heavy (non-hydrogen) atoms. The van der Waals surface area contributed by atoms with Crippen molar-refractivity contribution in [1.29, 1.82) is 0 Å². The maximum Gasteiger partial charge on any atom is 0.295 e. The van der Waals surface area contributed by atoms with Gasteiger partial charge in [0.05, 0.1) is 18.7 Å². The highest BCUT2D eigenvalue weighted by atomic mass is 35.5. The van der Waals surface area contributed by atoms with Crippen molar-refractivity contribution < 1.29 is 24.2 Å². The molecule has 0 aromatic heterocycles. The Morgan fingerprint density at radius 3 is 2.52 bits per heavy atom. The number of ether oxygens (including phenoxy) is 2. The first-order chi connectivity index (χ1) is 14.0. The van der Waals surface area contributed by atoms with Crippen molar-refractivity contribution in [1.82, 2.24) is 4.90 Å². The molecule has 2 aromatic rings. The van der Waals surface area contributed by atoms with Gasteiger partial charge in [0.25, 0.3) is 11.7 Å². The first kappa shape index (κ1) is 20.9. The van der Waals surface area contributed by atoms with Crippen LogP contribution < -0.4 is 4.74 Å². The van der Waals surface area contributed by atoms with Gasteiger partial charge in [-0.05, 0) is 36.2 Å². The van der Waals surface area contributed by atoms with Crippen molar-refractivity contribution in [3.05, 3.63) is 70.3 Å². The number of methoxy groups -OCH3 is 2. The number of rotatable bonds is 7. The van der Waals surface area contributed by atoms with Gasteiger partial charge in [-0.1, -0.05) is 35.9 Å². The second-order valence-electron chi connectivity index (χ2n) is 6.62. The molecule has 0 unspecified atom stereocenters. The van der Waals surface area contributed by atoms with E-state index in [9.17, 15) is 14.7 Å². The number of likely N-dealkylation sites (tertiary alicyclic amines) is 1. The van der Waals surface area contributed by atoms with Gasteiger partial charge < -0.3 is 19.5 Å². The third-order valence-electron chi connectivity index (χ3n) is 4.82. The summed E-state index contributed by atoms with van der Waals surface area (Å²) >= 11 is 6.00. The number of Topliss-reactive ketones (excluding diaryl/α,β-unsaturated/α-hetero) is 1. The van der Waals surface area contributed by atoms with E-state index in [-0.39, 0.29) is 11.3 Å². The standard InChI is InChI=1S/C22H22ClNO5/c1-28-12-4-11-24-19(14-7-9-16(23)10-8-14)18(21(26)22(24)27)20(25)15-5-3-6-17(13-15)29-2/h3,5-10,13,19,25H,4,11-12H2,1-2H3/t19-/m0/s1. The summed E-state index contributed by atoms with van der Waals surface area (Å²) < 4.78 is 10.3. The van der Waals surface area contributed by atoms with Gasteiger partial charge in [0.2, 0.25) is 0 Å². The number of halogens is 1. The lowest BCUT2D eigenvalue weighted by Crippen LogP contribution is -2.31. The summed E-state index contributed by atoms with van der Waals surface area (Å²) in [6, 6.07) is 12.9. The maximum atomic E-state index is 12.9. The SMILES string of the molecule is COCCCN1C(=O)C(=O)C(=C(O)c2cccc(OC)c2)[C@@H]1c1ccc(Cl)cc1. The summed E-state index contributed by atoms with van der Waals surface area (Å²) in [4.78, 5) is 27.1. The van der Waals surface area contributed by atoms with Crippen LogP contribution in [-0.2, 0) is 14.3 Å². The molecule has 3 rings (SSSR count). The average molecular weight is 416 g/mol. The normalized spacial score (nSPS) is 18.3. The lowest BCUT2D eigenvalue weighted by Gasteiger charge is -2.25. The molecular weight excluding hydrogens is 394 g/mol. The molecule has 0 bridgehead atoms. The molecule has 2 aromatic carbocycles. The predicted octanol–water partition coefficient (Wildman–Crippen LogP) is 3.81. The number of amides is 1. The monoisotopic (exact) mass is 415 g/mol. The summed E-state index contributed by atoms with van der Waals surface area (Å²) in [6.07, 6.45) is 0.562. The molecule has 1 atom stereocenters. The van der Waals surface area contributed by atoms with Crippen molar-refractivity contribution >= 4 is 29.1 Å². The first-order valence-electron chi connectivity index (χ1n) is 9.15. The molecule has 6 nitrogen and oxygen atoms in total. The van der Waals surface area contributed by atoms with E-state index in [2.05, 4.69) is 0 Å². The number of carbonyl (C=O) groups excluding carboxylic acids is 2. The van der Waals surface area contributed by atoms with Gasteiger partial charge in [0, 0.05) is 30.8 Å². The molecule has 152 valence electrons. The minimum Gasteiger partial charge on any atom is -0.507 e. The summed E-state index contributed by atoms with van der Waals surface area (Å²) in [7, 11) is 3.09. The van der Waals surface area contributed by atoms with Crippen molar-refractivity contribution in [3.8, 4) is 5.75 Å². The van der Waals surface area contributed by atoms with Crippen LogP contribution in [0.4, 0.5) is 0 Å². The zero-order valence-electron chi connectivity index (χ0n) is 16.2. The lowest BCUT2D eigenvalue weighted by molar-refractivity contribution is -0.140. The zero-order chi connectivity index (χ0) is 21.0. The molecule has 1 aliphatic rings. The maximum absolute atomic E-state index is 12.9. The Labute approximate surface area is 174 Å². The molecule has 0 radical (unpaired) electrons. The summed E-state index contributed by atoms with van der Waals surface area (Å²) in [5.74, 6) is -1.07. The number of hydrogen-bond acceptors (Lipinski definition) is 5. The fourth-order valence-corrected chi connectivity index (χ4v) is 3.53. The van der Waals surface area contributed by atoms with E-state index in [1.54, 1.807) is 55.6 Å². The van der Waals surface area contributed by atoms with Crippen LogP contribution in [0.3, 0.4) is 0 Å². The average Bonchev–Trinajstić information content (AvgIpc) is 2.99. The quantitative estimate of drug-likeness (QED) is 0.322. The van der Waals surface area contributed by atoms with Crippen molar-refractivity contribution in [2.75, 3.05) is 27.4 Å². The Kier molecular flexibility index (Phi) is 6.56. The lowest BCUT2D eigenvalue weighted by atomic mass is 9.95. The van der Waals surface area contributed by atoms with E-state index in [0.29, 0.717) is 41.5 Å². The molecule has 1 fully saturated rings. The highest BCUT2D eigenvalue weighted by Crippen LogP contribution is 2.40. The smallest absolute Gasteiger partial charge is 0.295 e. The fraction of sp³-hybridized carbons (Fsp3) is 0.273. The fourth-order valence-electron chi connectivity index (χ4n) is 3.41. The number of nitrogens with zero attached hydrogens (tertiary/aromatic N) is 1. The summed E-state index contributed by atoms with van der Waals surface area (Å²) in [5, 5.41) is 11.5. The van der Waals surface area contributed by atoms with Gasteiger partial charge in [-0.25, -0.2) is 0 Å². The molecule has 1 aliphatic heterocycles. The van der Waals surface area contributed by atoms with Gasteiger partial charge in [-0.15, -0.1) is 0 Å².